The Morgan fingerprint density at radius 3 is 2.83 bits per heavy atom. The molecule has 30 heavy (non-hydrogen) atoms. The van der Waals surface area contributed by atoms with Gasteiger partial charge >= 0.3 is 0 Å². The molecule has 0 aliphatic heterocycles. The van der Waals surface area contributed by atoms with Gasteiger partial charge in [0.15, 0.2) is 11.5 Å². The largest absolute Gasteiger partial charge is 0.423 e. The molecule has 0 saturated carbocycles. The quantitative estimate of drug-likeness (QED) is 0.485. The van der Waals surface area contributed by atoms with E-state index in [9.17, 15) is 0 Å². The highest BCUT2D eigenvalue weighted by Gasteiger charge is 2.18. The number of hydrogen-bond donors (Lipinski definition) is 1. The van der Waals surface area contributed by atoms with E-state index in [0.717, 1.165) is 38.6 Å². The first-order chi connectivity index (χ1) is 14.8. The van der Waals surface area contributed by atoms with Gasteiger partial charge in [0.25, 0.3) is 0 Å². The summed E-state index contributed by atoms with van der Waals surface area (Å²) in [4.78, 5) is 4.65. The Balaban J connectivity index is 1.61. The number of aromatic nitrogens is 9. The Hall–Kier alpha value is -4.47. The molecule has 0 radical (unpaired) electrons. The molecule has 0 amide bonds. The maximum Gasteiger partial charge on any atom is 0.247 e. The van der Waals surface area contributed by atoms with Crippen LogP contribution in [0.5, 0.6) is 0 Å². The van der Waals surface area contributed by atoms with E-state index < -0.39 is 0 Å². The molecule has 6 rings (SSSR count). The summed E-state index contributed by atoms with van der Waals surface area (Å²) in [5.41, 5.74) is 5.25. The Morgan fingerprint density at radius 2 is 2.00 bits per heavy atom. The average Bonchev–Trinajstić information content (AvgIpc) is 3.54. The third kappa shape index (κ3) is 2.40. The van der Waals surface area contributed by atoms with Crippen LogP contribution in [0, 0.1) is 6.92 Å². The van der Waals surface area contributed by atoms with Crippen LogP contribution >= 0.6 is 0 Å². The number of hydrogen-bond acceptors (Lipinski definition) is 8. The van der Waals surface area contributed by atoms with Gasteiger partial charge in [0.2, 0.25) is 12.3 Å². The van der Waals surface area contributed by atoms with E-state index in [0.29, 0.717) is 17.4 Å². The van der Waals surface area contributed by atoms with Gasteiger partial charge in [-0.25, -0.2) is 14.6 Å². The summed E-state index contributed by atoms with van der Waals surface area (Å²) in [6, 6.07) is 10.2. The van der Waals surface area contributed by atoms with Crippen LogP contribution in [-0.4, -0.2) is 45.4 Å². The van der Waals surface area contributed by atoms with E-state index in [1.165, 1.54) is 6.39 Å². The van der Waals surface area contributed by atoms with Crippen molar-refractivity contribution in [3.05, 3.63) is 60.9 Å². The molecule has 4 heterocycles. The van der Waals surface area contributed by atoms with Gasteiger partial charge in [0, 0.05) is 23.5 Å². The number of tetrazole rings is 1. The monoisotopic (exact) mass is 395 g/mol. The van der Waals surface area contributed by atoms with E-state index in [1.54, 1.807) is 10.7 Å². The van der Waals surface area contributed by atoms with Gasteiger partial charge in [-0.15, -0.1) is 15.3 Å². The molecule has 0 aliphatic carbocycles. The standard InChI is InChI=1S/C20H13N9O/c1-11-15(20-26-22-10-30-20)6-12-4-2-3-5-14(12)17(11)13-7-21-19-16(8-23-29(19)9-13)18-24-27-28-25-18/h2-10H,1H3,(H,24,25,27,28). The predicted octanol–water partition coefficient (Wildman–Crippen LogP) is 3.09. The minimum Gasteiger partial charge on any atom is -0.423 e. The smallest absolute Gasteiger partial charge is 0.247 e. The van der Waals surface area contributed by atoms with Gasteiger partial charge in [-0.3, -0.25) is 0 Å². The zero-order valence-electron chi connectivity index (χ0n) is 15.7. The number of nitrogens with one attached hydrogen (secondary N) is 1. The molecule has 10 nitrogen and oxygen atoms in total. The first-order valence-electron chi connectivity index (χ1n) is 9.16. The van der Waals surface area contributed by atoms with Gasteiger partial charge in [0.05, 0.1) is 11.8 Å². The lowest BCUT2D eigenvalue weighted by Gasteiger charge is -2.14. The molecule has 0 fully saturated rings. The highest BCUT2D eigenvalue weighted by Crippen LogP contribution is 2.37. The van der Waals surface area contributed by atoms with E-state index in [-0.39, 0.29) is 0 Å². The molecule has 0 atom stereocenters. The summed E-state index contributed by atoms with van der Waals surface area (Å²) >= 11 is 0. The second-order valence-corrected chi connectivity index (χ2v) is 6.81. The van der Waals surface area contributed by atoms with Gasteiger partial charge in [-0.2, -0.15) is 5.10 Å². The summed E-state index contributed by atoms with van der Waals surface area (Å²) in [6.07, 6.45) is 6.80. The first kappa shape index (κ1) is 16.5. The molecule has 144 valence electrons. The number of fused-ring (bicyclic) bond motifs is 2. The fraction of sp³-hybridized carbons (Fsp3) is 0.0500. The van der Waals surface area contributed by atoms with Crippen molar-refractivity contribution in [3.63, 3.8) is 0 Å². The molecule has 0 bridgehead atoms. The van der Waals surface area contributed by atoms with Gasteiger partial charge in [-0.05, 0) is 45.3 Å². The lowest BCUT2D eigenvalue weighted by atomic mass is 9.91. The topological polar surface area (TPSA) is 124 Å². The summed E-state index contributed by atoms with van der Waals surface area (Å²) in [5.74, 6) is 0.998. The van der Waals surface area contributed by atoms with Crippen LogP contribution in [0.25, 0.3) is 50.4 Å². The fourth-order valence-corrected chi connectivity index (χ4v) is 3.78. The van der Waals surface area contributed by atoms with Crippen LogP contribution in [0.4, 0.5) is 0 Å². The van der Waals surface area contributed by atoms with Crippen LogP contribution < -0.4 is 0 Å². The number of aromatic amines is 1. The Bertz CT molecular complexity index is 1500. The van der Waals surface area contributed by atoms with Crippen molar-refractivity contribution in [2.75, 3.05) is 0 Å². The maximum absolute atomic E-state index is 5.48. The third-order valence-corrected chi connectivity index (χ3v) is 5.14. The van der Waals surface area contributed by atoms with E-state index in [4.69, 9.17) is 4.42 Å². The third-order valence-electron chi connectivity index (χ3n) is 5.14. The molecule has 10 heteroatoms. The number of nitrogens with zero attached hydrogens (tertiary/aromatic N) is 8. The van der Waals surface area contributed by atoms with Crippen LogP contribution in [0.2, 0.25) is 0 Å². The van der Waals surface area contributed by atoms with Crippen molar-refractivity contribution >= 4 is 16.4 Å². The predicted molar refractivity (Wildman–Crippen MR) is 107 cm³/mol. The molecular formula is C20H13N9O. The molecule has 0 unspecified atom stereocenters. The fourth-order valence-electron chi connectivity index (χ4n) is 3.78. The highest BCUT2D eigenvalue weighted by molar-refractivity contribution is 6.01. The average molecular weight is 395 g/mol. The molecule has 2 aromatic carbocycles. The van der Waals surface area contributed by atoms with E-state index in [1.807, 2.05) is 31.5 Å². The molecule has 0 spiro atoms. The zero-order chi connectivity index (χ0) is 20.1. The van der Waals surface area contributed by atoms with Crippen molar-refractivity contribution in [1.82, 2.24) is 45.4 Å². The molecule has 6 aromatic rings. The van der Waals surface area contributed by atoms with Gasteiger partial charge in [0.1, 0.15) is 0 Å². The van der Waals surface area contributed by atoms with Crippen LogP contribution in [-0.2, 0) is 0 Å². The number of H-pyrrole nitrogens is 1. The van der Waals surface area contributed by atoms with Crippen molar-refractivity contribution in [2.24, 2.45) is 0 Å². The van der Waals surface area contributed by atoms with E-state index in [2.05, 4.69) is 59.1 Å². The lowest BCUT2D eigenvalue weighted by molar-refractivity contribution is 0.568. The van der Waals surface area contributed by atoms with Crippen molar-refractivity contribution in [1.29, 1.82) is 0 Å². The second kappa shape index (κ2) is 6.27. The first-order valence-corrected chi connectivity index (χ1v) is 9.16. The number of benzene rings is 2. The van der Waals surface area contributed by atoms with Crippen molar-refractivity contribution < 1.29 is 4.42 Å². The summed E-state index contributed by atoms with van der Waals surface area (Å²) < 4.78 is 7.20. The maximum atomic E-state index is 5.48. The van der Waals surface area contributed by atoms with Crippen LogP contribution in [0.1, 0.15) is 5.56 Å². The lowest BCUT2D eigenvalue weighted by Crippen LogP contribution is -1.96. The summed E-state index contributed by atoms with van der Waals surface area (Å²) in [7, 11) is 0. The molecule has 1 N–H and O–H groups in total. The highest BCUT2D eigenvalue weighted by atomic mass is 16.4. The molecule has 0 aliphatic rings. The molecule has 4 aromatic heterocycles. The molecular weight excluding hydrogens is 382 g/mol. The van der Waals surface area contributed by atoms with Crippen molar-refractivity contribution in [2.45, 2.75) is 6.92 Å². The minimum absolute atomic E-state index is 0.479. The SMILES string of the molecule is Cc1c(-c2nnco2)cc2ccccc2c1-c1cnc2c(-c3nnn[nH]3)cnn2c1. The van der Waals surface area contributed by atoms with Crippen LogP contribution in [0.15, 0.2) is 59.7 Å². The Morgan fingerprint density at radius 1 is 1.07 bits per heavy atom. The van der Waals surface area contributed by atoms with Crippen LogP contribution in [0.3, 0.4) is 0 Å². The zero-order valence-corrected chi connectivity index (χ0v) is 15.7. The molecule has 0 saturated heterocycles. The number of rotatable bonds is 3. The minimum atomic E-state index is 0.479. The van der Waals surface area contributed by atoms with E-state index >= 15 is 0 Å². The van der Waals surface area contributed by atoms with Crippen molar-refractivity contribution in [3.8, 4) is 34.0 Å². The Kier molecular flexibility index (Phi) is 3.45. The second-order valence-electron chi connectivity index (χ2n) is 6.81. The van der Waals surface area contributed by atoms with Gasteiger partial charge in [-0.1, -0.05) is 24.3 Å². The van der Waals surface area contributed by atoms with Gasteiger partial charge < -0.3 is 4.42 Å². The normalized spacial score (nSPS) is 11.5. The Labute approximate surface area is 168 Å². The summed E-state index contributed by atoms with van der Waals surface area (Å²) in [6.45, 7) is 2.04. The summed E-state index contributed by atoms with van der Waals surface area (Å²) in [5, 5.41) is 28.5.